The molecule has 1 amide bonds. The molecule has 1 N–H and O–H groups in total. The first kappa shape index (κ1) is 12.4. The second kappa shape index (κ2) is 4.80. The summed E-state index contributed by atoms with van der Waals surface area (Å²) < 4.78 is 5.36. The average molecular weight is 273 g/mol. The van der Waals surface area contributed by atoms with Crippen LogP contribution >= 0.6 is 0 Å². The summed E-state index contributed by atoms with van der Waals surface area (Å²) in [5.74, 6) is -0.217. The van der Waals surface area contributed by atoms with E-state index < -0.39 is 0 Å². The van der Waals surface area contributed by atoms with Gasteiger partial charge in [0, 0.05) is 38.6 Å². The number of aromatic nitrogens is 6. The lowest BCUT2D eigenvalue weighted by Gasteiger charge is -2.04. The number of hydrogen-bond donors (Lipinski definition) is 1. The molecular weight excluding hydrogens is 258 g/mol. The van der Waals surface area contributed by atoms with Crippen LogP contribution in [0.15, 0.2) is 24.7 Å². The SMILES string of the molecule is Cc1cc2n(CCNC(=O)c3cn(C)nn3)ccn2n1. The van der Waals surface area contributed by atoms with Gasteiger partial charge in [-0.1, -0.05) is 5.21 Å². The van der Waals surface area contributed by atoms with Crippen LogP contribution in [-0.2, 0) is 13.6 Å². The smallest absolute Gasteiger partial charge is 0.273 e. The summed E-state index contributed by atoms with van der Waals surface area (Å²) in [4.78, 5) is 11.8. The van der Waals surface area contributed by atoms with Gasteiger partial charge in [0.2, 0.25) is 0 Å². The predicted octanol–water partition coefficient (Wildman–Crippen LogP) is 0.00272. The van der Waals surface area contributed by atoms with Crippen molar-refractivity contribution < 1.29 is 4.79 Å². The van der Waals surface area contributed by atoms with Crippen molar-refractivity contribution in [3.05, 3.63) is 36.0 Å². The zero-order chi connectivity index (χ0) is 14.1. The summed E-state index contributed by atoms with van der Waals surface area (Å²) in [6.45, 7) is 3.14. The molecule has 3 heterocycles. The van der Waals surface area contributed by atoms with Gasteiger partial charge in [0.05, 0.1) is 11.9 Å². The van der Waals surface area contributed by atoms with Gasteiger partial charge in [-0.05, 0) is 6.92 Å². The maximum atomic E-state index is 11.8. The fourth-order valence-electron chi connectivity index (χ4n) is 2.07. The maximum Gasteiger partial charge on any atom is 0.273 e. The van der Waals surface area contributed by atoms with Crippen molar-refractivity contribution in [1.82, 2.24) is 34.5 Å². The highest BCUT2D eigenvalue weighted by molar-refractivity contribution is 5.91. The molecule has 8 heteroatoms. The van der Waals surface area contributed by atoms with Gasteiger partial charge in [-0.2, -0.15) is 5.10 Å². The van der Waals surface area contributed by atoms with Crippen molar-refractivity contribution in [2.45, 2.75) is 13.5 Å². The van der Waals surface area contributed by atoms with Crippen molar-refractivity contribution in [3.63, 3.8) is 0 Å². The molecule has 0 aliphatic heterocycles. The van der Waals surface area contributed by atoms with Crippen LogP contribution in [0, 0.1) is 6.92 Å². The van der Waals surface area contributed by atoms with E-state index in [9.17, 15) is 4.79 Å². The molecular formula is C12H15N7O. The number of carbonyl (C=O) groups is 1. The second-order valence-electron chi connectivity index (χ2n) is 4.61. The third-order valence-electron chi connectivity index (χ3n) is 2.99. The minimum Gasteiger partial charge on any atom is -0.349 e. The second-order valence-corrected chi connectivity index (χ2v) is 4.61. The topological polar surface area (TPSA) is 82.0 Å². The van der Waals surface area contributed by atoms with Crippen LogP contribution in [0.4, 0.5) is 0 Å². The highest BCUT2D eigenvalue weighted by Gasteiger charge is 2.09. The number of amides is 1. The molecule has 0 fully saturated rings. The van der Waals surface area contributed by atoms with Crippen molar-refractivity contribution in [1.29, 1.82) is 0 Å². The number of imidazole rings is 1. The number of nitrogens with one attached hydrogen (secondary N) is 1. The van der Waals surface area contributed by atoms with Crippen LogP contribution in [0.1, 0.15) is 16.2 Å². The van der Waals surface area contributed by atoms with Gasteiger partial charge >= 0.3 is 0 Å². The lowest BCUT2D eigenvalue weighted by molar-refractivity contribution is 0.0947. The van der Waals surface area contributed by atoms with E-state index in [2.05, 4.69) is 20.7 Å². The molecule has 3 rings (SSSR count). The Hall–Kier alpha value is -2.64. The molecule has 0 spiro atoms. The molecule has 104 valence electrons. The molecule has 20 heavy (non-hydrogen) atoms. The summed E-state index contributed by atoms with van der Waals surface area (Å²) in [7, 11) is 1.72. The molecule has 0 unspecified atom stereocenters. The van der Waals surface area contributed by atoms with Gasteiger partial charge in [-0.15, -0.1) is 5.10 Å². The van der Waals surface area contributed by atoms with Crippen molar-refractivity contribution in [3.8, 4) is 0 Å². The van der Waals surface area contributed by atoms with Gasteiger partial charge < -0.3 is 9.88 Å². The fourth-order valence-corrected chi connectivity index (χ4v) is 2.07. The Morgan fingerprint density at radius 2 is 2.25 bits per heavy atom. The lowest BCUT2D eigenvalue weighted by Crippen LogP contribution is -2.27. The zero-order valence-electron chi connectivity index (χ0n) is 11.3. The molecule has 0 radical (unpaired) electrons. The number of hydrogen-bond acceptors (Lipinski definition) is 4. The standard InChI is InChI=1S/C12H15N7O/c1-9-7-11-18(5-6-19(11)15-9)4-3-13-12(20)10-8-17(2)16-14-10/h5-8H,3-4H2,1-2H3,(H,13,20). The molecule has 0 saturated carbocycles. The first-order chi connectivity index (χ1) is 9.63. The van der Waals surface area contributed by atoms with Crippen LogP contribution in [0.5, 0.6) is 0 Å². The van der Waals surface area contributed by atoms with Crippen molar-refractivity contribution in [2.24, 2.45) is 7.05 Å². The number of nitrogens with zero attached hydrogens (tertiary/aromatic N) is 6. The normalized spacial score (nSPS) is 11.1. The third kappa shape index (κ3) is 2.27. The first-order valence-corrected chi connectivity index (χ1v) is 6.29. The van der Waals surface area contributed by atoms with Crippen LogP contribution in [0.25, 0.3) is 5.65 Å². The number of aryl methyl sites for hydroxylation is 2. The van der Waals surface area contributed by atoms with Crippen molar-refractivity contribution >= 4 is 11.6 Å². The van der Waals surface area contributed by atoms with Gasteiger partial charge in [-0.25, -0.2) is 4.52 Å². The quantitative estimate of drug-likeness (QED) is 0.725. The number of carbonyl (C=O) groups excluding carboxylic acids is 1. The Bertz CT molecular complexity index is 751. The summed E-state index contributed by atoms with van der Waals surface area (Å²) in [5.41, 5.74) is 2.31. The van der Waals surface area contributed by atoms with E-state index in [0.29, 0.717) is 18.8 Å². The molecule has 0 atom stereocenters. The number of rotatable bonds is 4. The van der Waals surface area contributed by atoms with Crippen LogP contribution < -0.4 is 5.32 Å². The summed E-state index contributed by atoms with van der Waals surface area (Å²) in [6, 6.07) is 2.00. The minimum absolute atomic E-state index is 0.217. The van der Waals surface area contributed by atoms with E-state index in [1.165, 1.54) is 4.68 Å². The molecule has 3 aromatic rings. The Labute approximate surface area is 115 Å². The van der Waals surface area contributed by atoms with Crippen LogP contribution in [0.3, 0.4) is 0 Å². The molecule has 8 nitrogen and oxygen atoms in total. The highest BCUT2D eigenvalue weighted by Crippen LogP contribution is 2.06. The van der Waals surface area contributed by atoms with Gasteiger partial charge in [0.1, 0.15) is 5.65 Å². The largest absolute Gasteiger partial charge is 0.349 e. The first-order valence-electron chi connectivity index (χ1n) is 6.29. The van der Waals surface area contributed by atoms with Crippen molar-refractivity contribution in [2.75, 3.05) is 6.54 Å². The zero-order valence-corrected chi connectivity index (χ0v) is 11.3. The van der Waals surface area contributed by atoms with E-state index in [-0.39, 0.29) is 5.91 Å². The maximum absolute atomic E-state index is 11.8. The molecule has 0 bridgehead atoms. The van der Waals surface area contributed by atoms with Crippen LogP contribution in [0.2, 0.25) is 0 Å². The molecule has 3 aromatic heterocycles. The molecule has 0 aliphatic rings. The Balaban J connectivity index is 1.61. The molecule has 0 aliphatic carbocycles. The molecule has 0 saturated heterocycles. The van der Waals surface area contributed by atoms with E-state index >= 15 is 0 Å². The predicted molar refractivity (Wildman–Crippen MR) is 71.3 cm³/mol. The van der Waals surface area contributed by atoms with Gasteiger partial charge in [-0.3, -0.25) is 9.48 Å². The van der Waals surface area contributed by atoms with E-state index in [1.807, 2.05) is 34.5 Å². The Morgan fingerprint density at radius 1 is 1.40 bits per heavy atom. The summed E-state index contributed by atoms with van der Waals surface area (Å²) in [5, 5.41) is 14.6. The van der Waals surface area contributed by atoms with E-state index in [4.69, 9.17) is 0 Å². The van der Waals surface area contributed by atoms with Gasteiger partial charge in [0.25, 0.3) is 5.91 Å². The fraction of sp³-hybridized carbons (Fsp3) is 0.333. The van der Waals surface area contributed by atoms with E-state index in [1.54, 1.807) is 13.2 Å². The number of fused-ring (bicyclic) bond motifs is 1. The summed E-state index contributed by atoms with van der Waals surface area (Å²) >= 11 is 0. The monoisotopic (exact) mass is 273 g/mol. The van der Waals surface area contributed by atoms with Crippen LogP contribution in [-0.4, -0.2) is 41.6 Å². The third-order valence-corrected chi connectivity index (χ3v) is 2.99. The highest BCUT2D eigenvalue weighted by atomic mass is 16.2. The average Bonchev–Trinajstić information content (AvgIpc) is 3.06. The summed E-state index contributed by atoms with van der Waals surface area (Å²) in [6.07, 6.45) is 5.42. The molecule has 0 aromatic carbocycles. The van der Waals surface area contributed by atoms with Gasteiger partial charge in [0.15, 0.2) is 5.69 Å². The minimum atomic E-state index is -0.217. The van der Waals surface area contributed by atoms with E-state index in [0.717, 1.165) is 11.3 Å². The Morgan fingerprint density at radius 3 is 3.00 bits per heavy atom. The lowest BCUT2D eigenvalue weighted by atomic mass is 10.4. The Kier molecular flexibility index (Phi) is 2.97.